The van der Waals surface area contributed by atoms with Gasteiger partial charge in [0.15, 0.2) is 0 Å². The molecule has 0 unspecified atom stereocenters. The molecule has 0 aromatic heterocycles. The molecule has 1 aliphatic carbocycles. The largest absolute Gasteiger partial charge is 0.385 e. The predicted molar refractivity (Wildman–Crippen MR) is 85.1 cm³/mol. The molecule has 1 N–H and O–H groups in total. The molecule has 2 fully saturated rings. The lowest BCUT2D eigenvalue weighted by Gasteiger charge is -2.41. The van der Waals surface area contributed by atoms with Crippen molar-refractivity contribution in [3.05, 3.63) is 0 Å². The Kier molecular flexibility index (Phi) is 6.79. The minimum atomic E-state index is 0.590. The third kappa shape index (κ3) is 5.01. The van der Waals surface area contributed by atoms with Crippen LogP contribution in [0.15, 0.2) is 0 Å². The molecule has 3 heteroatoms. The van der Waals surface area contributed by atoms with Gasteiger partial charge in [0.05, 0.1) is 0 Å². The van der Waals surface area contributed by atoms with E-state index in [4.69, 9.17) is 4.74 Å². The molecular formula is C17H34N2O. The number of piperidine rings is 1. The van der Waals surface area contributed by atoms with Crippen LogP contribution in [0.5, 0.6) is 0 Å². The number of nitrogens with zero attached hydrogens (tertiary/aromatic N) is 1. The van der Waals surface area contributed by atoms with E-state index in [0.717, 1.165) is 31.0 Å². The zero-order valence-electron chi connectivity index (χ0n) is 13.7. The lowest BCUT2D eigenvalue weighted by molar-refractivity contribution is 0.101. The SMILES string of the molecule is COCC[C@@H](C)NC1CCC(N2CCC(C)CC2)CC1. The van der Waals surface area contributed by atoms with Crippen molar-refractivity contribution < 1.29 is 4.74 Å². The molecule has 1 heterocycles. The van der Waals surface area contributed by atoms with Gasteiger partial charge in [-0.15, -0.1) is 0 Å². The summed E-state index contributed by atoms with van der Waals surface area (Å²) in [5, 5.41) is 3.79. The second-order valence-electron chi connectivity index (χ2n) is 7.07. The van der Waals surface area contributed by atoms with Gasteiger partial charge in [0.2, 0.25) is 0 Å². The zero-order valence-corrected chi connectivity index (χ0v) is 13.7. The summed E-state index contributed by atoms with van der Waals surface area (Å²) in [4.78, 5) is 2.77. The smallest absolute Gasteiger partial charge is 0.0476 e. The number of nitrogens with one attached hydrogen (secondary N) is 1. The Hall–Kier alpha value is -0.120. The molecule has 2 rings (SSSR count). The highest BCUT2D eigenvalue weighted by molar-refractivity contribution is 4.85. The lowest BCUT2D eigenvalue weighted by Crippen LogP contribution is -2.46. The molecule has 118 valence electrons. The van der Waals surface area contributed by atoms with Gasteiger partial charge in [-0.2, -0.15) is 0 Å². The van der Waals surface area contributed by atoms with Gasteiger partial charge in [0, 0.05) is 31.8 Å². The third-order valence-corrected chi connectivity index (χ3v) is 5.31. The molecule has 20 heavy (non-hydrogen) atoms. The van der Waals surface area contributed by atoms with E-state index in [0.29, 0.717) is 6.04 Å². The Morgan fingerprint density at radius 1 is 1.10 bits per heavy atom. The first-order valence-electron chi connectivity index (χ1n) is 8.68. The van der Waals surface area contributed by atoms with E-state index >= 15 is 0 Å². The Balaban J connectivity index is 1.64. The van der Waals surface area contributed by atoms with Crippen LogP contribution in [-0.2, 0) is 4.74 Å². The van der Waals surface area contributed by atoms with Gasteiger partial charge in [-0.3, -0.25) is 0 Å². The fourth-order valence-electron chi connectivity index (χ4n) is 3.78. The van der Waals surface area contributed by atoms with Gasteiger partial charge >= 0.3 is 0 Å². The van der Waals surface area contributed by atoms with Gasteiger partial charge in [0.25, 0.3) is 0 Å². The molecule has 0 bridgehead atoms. The molecule has 0 amide bonds. The van der Waals surface area contributed by atoms with Crippen LogP contribution in [0.4, 0.5) is 0 Å². The first-order chi connectivity index (χ1) is 9.69. The van der Waals surface area contributed by atoms with E-state index in [1.54, 1.807) is 7.11 Å². The van der Waals surface area contributed by atoms with Gasteiger partial charge < -0.3 is 15.0 Å². The topological polar surface area (TPSA) is 24.5 Å². The third-order valence-electron chi connectivity index (χ3n) is 5.31. The molecule has 1 aliphatic heterocycles. The van der Waals surface area contributed by atoms with E-state index < -0.39 is 0 Å². The average Bonchev–Trinajstić information content (AvgIpc) is 2.47. The standard InChI is InChI=1S/C17H34N2O/c1-14-8-11-19(12-9-14)17-6-4-16(5-7-17)18-15(2)10-13-20-3/h14-18H,4-13H2,1-3H3/t15-,16?,17?/m1/s1. The summed E-state index contributed by atoms with van der Waals surface area (Å²) in [6, 6.07) is 2.20. The number of rotatable bonds is 6. The first kappa shape index (κ1) is 16.3. The van der Waals surface area contributed by atoms with Gasteiger partial charge in [-0.25, -0.2) is 0 Å². The lowest BCUT2D eigenvalue weighted by atomic mass is 9.87. The van der Waals surface area contributed by atoms with E-state index in [9.17, 15) is 0 Å². The quantitative estimate of drug-likeness (QED) is 0.810. The number of likely N-dealkylation sites (tertiary alicyclic amines) is 1. The summed E-state index contributed by atoms with van der Waals surface area (Å²) in [6.07, 6.45) is 9.44. The molecular weight excluding hydrogens is 248 g/mol. The van der Waals surface area contributed by atoms with Crippen molar-refractivity contribution in [1.82, 2.24) is 10.2 Å². The minimum absolute atomic E-state index is 0.590. The van der Waals surface area contributed by atoms with Crippen LogP contribution in [-0.4, -0.2) is 49.8 Å². The van der Waals surface area contributed by atoms with Crippen LogP contribution in [0.25, 0.3) is 0 Å². The number of methoxy groups -OCH3 is 1. The maximum Gasteiger partial charge on any atom is 0.0476 e. The molecule has 0 spiro atoms. The van der Waals surface area contributed by atoms with Crippen molar-refractivity contribution in [2.75, 3.05) is 26.8 Å². The highest BCUT2D eigenvalue weighted by atomic mass is 16.5. The van der Waals surface area contributed by atoms with Crippen molar-refractivity contribution in [2.45, 2.75) is 76.9 Å². The van der Waals surface area contributed by atoms with Crippen LogP contribution in [0, 0.1) is 5.92 Å². The molecule has 1 saturated heterocycles. The summed E-state index contributed by atoms with van der Waals surface area (Å²) in [6.45, 7) is 8.24. The molecule has 1 saturated carbocycles. The number of hydrogen-bond acceptors (Lipinski definition) is 3. The van der Waals surface area contributed by atoms with Gasteiger partial charge in [0.1, 0.15) is 0 Å². The molecule has 3 nitrogen and oxygen atoms in total. The zero-order chi connectivity index (χ0) is 14.4. The van der Waals surface area contributed by atoms with Crippen LogP contribution in [0.2, 0.25) is 0 Å². The maximum absolute atomic E-state index is 5.16. The monoisotopic (exact) mass is 282 g/mol. The Morgan fingerprint density at radius 3 is 2.35 bits per heavy atom. The fraction of sp³-hybridized carbons (Fsp3) is 1.00. The van der Waals surface area contributed by atoms with Crippen LogP contribution < -0.4 is 5.32 Å². The molecule has 2 aliphatic rings. The van der Waals surface area contributed by atoms with Crippen molar-refractivity contribution in [2.24, 2.45) is 5.92 Å². The first-order valence-corrected chi connectivity index (χ1v) is 8.68. The van der Waals surface area contributed by atoms with Crippen molar-refractivity contribution >= 4 is 0 Å². The predicted octanol–water partition coefficient (Wildman–Crippen LogP) is 3.04. The second kappa shape index (κ2) is 8.35. The molecule has 0 aromatic rings. The van der Waals surface area contributed by atoms with Crippen LogP contribution >= 0.6 is 0 Å². The normalized spacial score (nSPS) is 31.4. The van der Waals surface area contributed by atoms with Crippen LogP contribution in [0.1, 0.15) is 58.8 Å². The van der Waals surface area contributed by atoms with Gasteiger partial charge in [-0.05, 0) is 70.9 Å². The fourth-order valence-corrected chi connectivity index (χ4v) is 3.78. The summed E-state index contributed by atoms with van der Waals surface area (Å²) in [7, 11) is 1.79. The Labute approximate surface area is 125 Å². The second-order valence-corrected chi connectivity index (χ2v) is 7.07. The van der Waals surface area contributed by atoms with E-state index in [-0.39, 0.29) is 0 Å². The molecule has 0 radical (unpaired) electrons. The maximum atomic E-state index is 5.16. The van der Waals surface area contributed by atoms with E-state index in [1.807, 2.05) is 0 Å². The highest BCUT2D eigenvalue weighted by Crippen LogP contribution is 2.27. The van der Waals surface area contributed by atoms with Crippen molar-refractivity contribution in [3.63, 3.8) is 0 Å². The van der Waals surface area contributed by atoms with Crippen LogP contribution in [0.3, 0.4) is 0 Å². The summed E-state index contributed by atoms with van der Waals surface area (Å²) in [5.41, 5.74) is 0. The Bertz CT molecular complexity index is 256. The summed E-state index contributed by atoms with van der Waals surface area (Å²) in [5.74, 6) is 0.950. The van der Waals surface area contributed by atoms with Crippen molar-refractivity contribution in [1.29, 1.82) is 0 Å². The summed E-state index contributed by atoms with van der Waals surface area (Å²) < 4.78 is 5.16. The van der Waals surface area contributed by atoms with Crippen molar-refractivity contribution in [3.8, 4) is 0 Å². The van der Waals surface area contributed by atoms with E-state index in [1.165, 1.54) is 51.6 Å². The summed E-state index contributed by atoms with van der Waals surface area (Å²) >= 11 is 0. The minimum Gasteiger partial charge on any atom is -0.385 e. The Morgan fingerprint density at radius 2 is 1.75 bits per heavy atom. The molecule has 1 atom stereocenters. The van der Waals surface area contributed by atoms with E-state index in [2.05, 4.69) is 24.1 Å². The average molecular weight is 282 g/mol. The molecule has 0 aromatic carbocycles. The number of ether oxygens (including phenoxy) is 1. The van der Waals surface area contributed by atoms with Gasteiger partial charge in [-0.1, -0.05) is 6.92 Å². The highest BCUT2D eigenvalue weighted by Gasteiger charge is 2.28. The number of hydrogen-bond donors (Lipinski definition) is 1.